The van der Waals surface area contributed by atoms with Crippen molar-refractivity contribution in [2.75, 3.05) is 13.2 Å². The molecule has 3 atom stereocenters. The second-order valence-corrected chi connectivity index (χ2v) is 8.22. The van der Waals surface area contributed by atoms with Gasteiger partial charge in [-0.25, -0.2) is 0 Å². The third kappa shape index (κ3) is 2.81. The van der Waals surface area contributed by atoms with E-state index in [0.29, 0.717) is 19.0 Å². The normalized spacial score (nSPS) is 28.9. The van der Waals surface area contributed by atoms with E-state index >= 15 is 0 Å². The first-order chi connectivity index (χ1) is 9.99. The summed E-state index contributed by atoms with van der Waals surface area (Å²) in [5, 5.41) is 0.0105. The molecule has 5 heteroatoms. The minimum Gasteiger partial charge on any atom is -0.486 e. The lowest BCUT2D eigenvalue weighted by Gasteiger charge is -2.41. The molecule has 1 heterocycles. The smallest absolute Gasteiger partial charge is 0.162 e. The standard InChI is InChI=1S/C16H23NO3S/c1-16(2)7-3-4-14(15(16)17)21(18)11-5-6-12-13(10-11)20-9-8-19-12/h5-6,10,14-15H,3-4,7-9,17H2,1-2H3. The number of benzene rings is 1. The molecule has 3 rings (SSSR count). The average molecular weight is 309 g/mol. The highest BCUT2D eigenvalue weighted by atomic mass is 32.2. The van der Waals surface area contributed by atoms with Gasteiger partial charge in [0.05, 0.1) is 16.0 Å². The Hall–Kier alpha value is -1.07. The van der Waals surface area contributed by atoms with Gasteiger partial charge >= 0.3 is 0 Å². The van der Waals surface area contributed by atoms with Crippen LogP contribution in [0.2, 0.25) is 0 Å². The Kier molecular flexibility index (Phi) is 3.97. The summed E-state index contributed by atoms with van der Waals surface area (Å²) in [6, 6.07) is 5.53. The molecule has 0 aromatic heterocycles. The summed E-state index contributed by atoms with van der Waals surface area (Å²) in [5.41, 5.74) is 6.43. The molecule has 1 aliphatic carbocycles. The van der Waals surface area contributed by atoms with Crippen LogP contribution in [0.5, 0.6) is 11.5 Å². The number of hydrogen-bond donors (Lipinski definition) is 1. The van der Waals surface area contributed by atoms with E-state index in [1.165, 1.54) is 0 Å². The van der Waals surface area contributed by atoms with E-state index in [-0.39, 0.29) is 16.7 Å². The molecule has 1 saturated carbocycles. The zero-order chi connectivity index (χ0) is 15.0. The van der Waals surface area contributed by atoms with Gasteiger partial charge in [-0.2, -0.15) is 0 Å². The second kappa shape index (κ2) is 5.61. The van der Waals surface area contributed by atoms with Crippen molar-refractivity contribution in [3.63, 3.8) is 0 Å². The van der Waals surface area contributed by atoms with Crippen molar-refractivity contribution in [2.24, 2.45) is 11.1 Å². The number of hydrogen-bond acceptors (Lipinski definition) is 4. The molecular weight excluding hydrogens is 286 g/mol. The summed E-state index contributed by atoms with van der Waals surface area (Å²) < 4.78 is 24.0. The highest BCUT2D eigenvalue weighted by Gasteiger charge is 2.39. The second-order valence-electron chi connectivity index (χ2n) is 6.55. The molecule has 0 amide bonds. The highest BCUT2D eigenvalue weighted by molar-refractivity contribution is 7.85. The predicted molar refractivity (Wildman–Crippen MR) is 83.2 cm³/mol. The van der Waals surface area contributed by atoms with Crippen molar-refractivity contribution >= 4 is 10.8 Å². The van der Waals surface area contributed by atoms with Gasteiger partial charge in [0.15, 0.2) is 11.5 Å². The van der Waals surface area contributed by atoms with Crippen LogP contribution in [0.4, 0.5) is 0 Å². The molecule has 0 radical (unpaired) electrons. The first-order valence-corrected chi connectivity index (χ1v) is 8.76. The summed E-state index contributed by atoms with van der Waals surface area (Å²) in [7, 11) is -1.11. The van der Waals surface area contributed by atoms with Crippen molar-refractivity contribution in [3.8, 4) is 11.5 Å². The predicted octanol–water partition coefficient (Wildman–Crippen LogP) is 2.47. The first-order valence-electron chi connectivity index (χ1n) is 7.55. The summed E-state index contributed by atoms with van der Waals surface area (Å²) in [5.74, 6) is 1.42. The minimum absolute atomic E-state index is 0.0105. The fourth-order valence-electron chi connectivity index (χ4n) is 3.17. The van der Waals surface area contributed by atoms with Crippen molar-refractivity contribution in [2.45, 2.75) is 49.3 Å². The monoisotopic (exact) mass is 309 g/mol. The topological polar surface area (TPSA) is 61.5 Å². The average Bonchev–Trinajstić information content (AvgIpc) is 2.49. The van der Waals surface area contributed by atoms with E-state index in [1.54, 1.807) is 0 Å². The van der Waals surface area contributed by atoms with E-state index < -0.39 is 10.8 Å². The third-order valence-corrected chi connectivity index (χ3v) is 6.43. The quantitative estimate of drug-likeness (QED) is 0.911. The first kappa shape index (κ1) is 14.9. The Bertz CT molecular complexity index is 558. The van der Waals surface area contributed by atoms with Gasteiger partial charge in [0.2, 0.25) is 0 Å². The van der Waals surface area contributed by atoms with Gasteiger partial charge in [0.1, 0.15) is 13.2 Å². The number of ether oxygens (including phenoxy) is 2. The van der Waals surface area contributed by atoms with Crippen LogP contribution in [0.3, 0.4) is 0 Å². The van der Waals surface area contributed by atoms with Crippen molar-refractivity contribution in [1.29, 1.82) is 0 Å². The molecule has 116 valence electrons. The zero-order valence-electron chi connectivity index (χ0n) is 12.6. The van der Waals surface area contributed by atoms with E-state index in [9.17, 15) is 4.21 Å². The van der Waals surface area contributed by atoms with Gasteiger partial charge in [-0.05, 0) is 30.4 Å². The fraction of sp³-hybridized carbons (Fsp3) is 0.625. The van der Waals surface area contributed by atoms with Crippen LogP contribution in [0.25, 0.3) is 0 Å². The summed E-state index contributed by atoms with van der Waals surface area (Å²) in [6.07, 6.45) is 3.11. The maximum Gasteiger partial charge on any atom is 0.162 e. The molecule has 1 fully saturated rings. The Morgan fingerprint density at radius 1 is 1.24 bits per heavy atom. The molecule has 2 aliphatic rings. The molecule has 0 saturated heterocycles. The fourth-order valence-corrected chi connectivity index (χ4v) is 4.96. The summed E-state index contributed by atoms with van der Waals surface area (Å²) in [4.78, 5) is 0.789. The highest BCUT2D eigenvalue weighted by Crippen LogP contribution is 2.39. The van der Waals surface area contributed by atoms with Crippen LogP contribution < -0.4 is 15.2 Å². The van der Waals surface area contributed by atoms with Gasteiger partial charge in [-0.1, -0.05) is 20.3 Å². The van der Waals surface area contributed by atoms with E-state index in [4.69, 9.17) is 15.2 Å². The Morgan fingerprint density at radius 3 is 2.71 bits per heavy atom. The van der Waals surface area contributed by atoms with Crippen LogP contribution in [0, 0.1) is 5.41 Å². The summed E-state index contributed by atoms with van der Waals surface area (Å²) in [6.45, 7) is 5.45. The lowest BCUT2D eigenvalue weighted by molar-refractivity contribution is 0.171. The molecule has 1 aromatic carbocycles. The SMILES string of the molecule is CC1(C)CCCC(S(=O)c2ccc3c(c2)OCCO3)C1N. The molecular formula is C16H23NO3S. The Morgan fingerprint density at radius 2 is 1.95 bits per heavy atom. The van der Waals surface area contributed by atoms with Gasteiger partial charge in [0.25, 0.3) is 0 Å². The maximum absolute atomic E-state index is 12.9. The third-order valence-electron chi connectivity index (χ3n) is 4.63. The molecule has 1 aromatic rings. The van der Waals surface area contributed by atoms with Crippen LogP contribution in [0.15, 0.2) is 23.1 Å². The van der Waals surface area contributed by atoms with Crippen molar-refractivity contribution in [3.05, 3.63) is 18.2 Å². The van der Waals surface area contributed by atoms with Gasteiger partial charge in [-0.15, -0.1) is 0 Å². The molecule has 1 aliphatic heterocycles. The van der Waals surface area contributed by atoms with Crippen LogP contribution in [0.1, 0.15) is 33.1 Å². The minimum atomic E-state index is -1.11. The van der Waals surface area contributed by atoms with Gasteiger partial charge < -0.3 is 15.2 Å². The van der Waals surface area contributed by atoms with E-state index in [2.05, 4.69) is 13.8 Å². The Balaban J connectivity index is 1.85. The Labute approximate surface area is 128 Å². The molecule has 4 nitrogen and oxygen atoms in total. The van der Waals surface area contributed by atoms with Crippen LogP contribution >= 0.6 is 0 Å². The number of rotatable bonds is 2. The van der Waals surface area contributed by atoms with Crippen LogP contribution in [-0.4, -0.2) is 28.7 Å². The number of nitrogens with two attached hydrogens (primary N) is 1. The number of fused-ring (bicyclic) bond motifs is 1. The molecule has 0 spiro atoms. The zero-order valence-corrected chi connectivity index (χ0v) is 13.4. The van der Waals surface area contributed by atoms with Crippen LogP contribution in [-0.2, 0) is 10.8 Å². The lowest BCUT2D eigenvalue weighted by atomic mass is 9.73. The maximum atomic E-state index is 12.9. The summed E-state index contributed by atoms with van der Waals surface area (Å²) >= 11 is 0. The van der Waals surface area contributed by atoms with Crippen molar-refractivity contribution in [1.82, 2.24) is 0 Å². The molecule has 3 unspecified atom stereocenters. The van der Waals surface area contributed by atoms with Gasteiger partial charge in [0, 0.05) is 17.0 Å². The molecule has 2 N–H and O–H groups in total. The molecule has 21 heavy (non-hydrogen) atoms. The van der Waals surface area contributed by atoms with E-state index in [1.807, 2.05) is 18.2 Å². The molecule has 0 bridgehead atoms. The van der Waals surface area contributed by atoms with Gasteiger partial charge in [-0.3, -0.25) is 4.21 Å². The lowest BCUT2D eigenvalue weighted by Crippen LogP contribution is -2.51. The largest absolute Gasteiger partial charge is 0.486 e. The van der Waals surface area contributed by atoms with Crippen molar-refractivity contribution < 1.29 is 13.7 Å². The van der Waals surface area contributed by atoms with E-state index in [0.717, 1.165) is 29.9 Å².